The molecule has 0 atom stereocenters. The van der Waals surface area contributed by atoms with Gasteiger partial charge in [0.05, 0.1) is 4.90 Å². The van der Waals surface area contributed by atoms with E-state index in [2.05, 4.69) is 4.72 Å². The number of benzene rings is 2. The van der Waals surface area contributed by atoms with Gasteiger partial charge in [-0.1, -0.05) is 0 Å². The Labute approximate surface area is 166 Å². The van der Waals surface area contributed by atoms with E-state index >= 15 is 0 Å². The van der Waals surface area contributed by atoms with Crippen molar-refractivity contribution in [2.45, 2.75) is 17.9 Å². The molecule has 0 radical (unpaired) electrons. The average Bonchev–Trinajstić information content (AvgIpc) is 3.17. The minimum absolute atomic E-state index is 0.0344. The van der Waals surface area contributed by atoms with Gasteiger partial charge in [-0.2, -0.15) is 0 Å². The summed E-state index contributed by atoms with van der Waals surface area (Å²) in [7, 11) is -3.82. The normalized spacial score (nSPS) is 13.8. The Morgan fingerprint density at radius 2 is 1.75 bits per heavy atom. The van der Waals surface area contributed by atoms with Gasteiger partial charge in [0.25, 0.3) is 15.9 Å². The largest absolute Gasteiger partial charge is 0.334 e. The third-order valence-corrected chi connectivity index (χ3v) is 7.02. The van der Waals surface area contributed by atoms with Gasteiger partial charge in [0.2, 0.25) is 0 Å². The van der Waals surface area contributed by atoms with Crippen LogP contribution in [-0.2, 0) is 23.0 Å². The second-order valence-electron chi connectivity index (χ2n) is 6.48. The SMILES string of the molecule is O=C(c1ccc(S(=O)(=O)Nc2ccc(F)cc2)cc1)N1CCc2sccc2C1. The molecule has 1 aliphatic rings. The number of hydrogen-bond donors (Lipinski definition) is 1. The summed E-state index contributed by atoms with van der Waals surface area (Å²) in [5.74, 6) is -0.564. The third-order valence-electron chi connectivity index (χ3n) is 4.60. The third kappa shape index (κ3) is 3.79. The molecule has 0 fully saturated rings. The molecule has 0 spiro atoms. The Bertz CT molecular complexity index is 1110. The number of amides is 1. The highest BCUT2D eigenvalue weighted by Gasteiger charge is 2.23. The maximum atomic E-state index is 13.0. The van der Waals surface area contributed by atoms with Gasteiger partial charge in [-0.3, -0.25) is 9.52 Å². The molecule has 3 aromatic rings. The van der Waals surface area contributed by atoms with E-state index in [1.807, 2.05) is 11.4 Å². The van der Waals surface area contributed by atoms with Crippen LogP contribution in [0.4, 0.5) is 10.1 Å². The van der Waals surface area contributed by atoms with Gasteiger partial charge in [0, 0.05) is 29.2 Å². The zero-order valence-corrected chi connectivity index (χ0v) is 16.4. The van der Waals surface area contributed by atoms with E-state index in [0.29, 0.717) is 18.7 Å². The summed E-state index contributed by atoms with van der Waals surface area (Å²) in [6.07, 6.45) is 0.840. The Morgan fingerprint density at radius 1 is 1.04 bits per heavy atom. The smallest absolute Gasteiger partial charge is 0.261 e. The fourth-order valence-electron chi connectivity index (χ4n) is 3.11. The number of fused-ring (bicyclic) bond motifs is 1. The number of thiophene rings is 1. The van der Waals surface area contributed by atoms with Crippen molar-refractivity contribution in [2.24, 2.45) is 0 Å². The van der Waals surface area contributed by atoms with Crippen molar-refractivity contribution in [3.05, 3.63) is 81.8 Å². The molecule has 1 amide bonds. The average molecular weight is 416 g/mol. The lowest BCUT2D eigenvalue weighted by Gasteiger charge is -2.27. The standard InChI is InChI=1S/C20H17FN2O3S2/c21-16-3-5-17(6-4-16)22-28(25,26)18-7-1-14(2-8-18)20(24)23-11-9-19-15(13-23)10-12-27-19/h1-8,10,12,22H,9,11,13H2. The lowest BCUT2D eigenvalue weighted by Crippen LogP contribution is -2.35. The van der Waals surface area contributed by atoms with Crippen molar-refractivity contribution >= 4 is 33.0 Å². The first-order chi connectivity index (χ1) is 13.4. The fourth-order valence-corrected chi connectivity index (χ4v) is 5.06. The molecule has 0 saturated heterocycles. The van der Waals surface area contributed by atoms with E-state index in [1.54, 1.807) is 16.2 Å². The predicted octanol–water partition coefficient (Wildman–Crippen LogP) is 3.89. The molecule has 0 saturated carbocycles. The molecule has 0 aliphatic carbocycles. The zero-order valence-electron chi connectivity index (χ0n) is 14.8. The van der Waals surface area contributed by atoms with Crippen LogP contribution in [-0.4, -0.2) is 25.8 Å². The van der Waals surface area contributed by atoms with Gasteiger partial charge < -0.3 is 4.90 Å². The van der Waals surface area contributed by atoms with Crippen molar-refractivity contribution in [1.82, 2.24) is 4.90 Å². The number of halogens is 1. The molecule has 0 bridgehead atoms. The molecule has 4 rings (SSSR count). The maximum absolute atomic E-state index is 13.0. The molecule has 28 heavy (non-hydrogen) atoms. The Balaban J connectivity index is 1.49. The number of anilines is 1. The molecule has 1 N–H and O–H groups in total. The highest BCUT2D eigenvalue weighted by molar-refractivity contribution is 7.92. The summed E-state index contributed by atoms with van der Waals surface area (Å²) in [6.45, 7) is 1.22. The van der Waals surface area contributed by atoms with E-state index in [0.717, 1.165) is 6.42 Å². The van der Waals surface area contributed by atoms with Gasteiger partial charge in [0.1, 0.15) is 5.82 Å². The molecule has 8 heteroatoms. The molecule has 2 heterocycles. The summed E-state index contributed by atoms with van der Waals surface area (Å²) in [6, 6.07) is 12.9. The highest BCUT2D eigenvalue weighted by atomic mass is 32.2. The van der Waals surface area contributed by atoms with Crippen LogP contribution in [0.25, 0.3) is 0 Å². The number of nitrogens with zero attached hydrogens (tertiary/aromatic N) is 1. The van der Waals surface area contributed by atoms with Gasteiger partial charge in [-0.15, -0.1) is 11.3 Å². The van der Waals surface area contributed by atoms with Crippen LogP contribution >= 0.6 is 11.3 Å². The van der Waals surface area contributed by atoms with E-state index in [1.165, 1.54) is 59.0 Å². The summed E-state index contributed by atoms with van der Waals surface area (Å²) in [4.78, 5) is 15.9. The topological polar surface area (TPSA) is 66.5 Å². The number of carbonyl (C=O) groups is 1. The van der Waals surface area contributed by atoms with Gasteiger partial charge in [-0.05, 0) is 72.0 Å². The lowest BCUT2D eigenvalue weighted by molar-refractivity contribution is 0.0736. The first-order valence-corrected chi connectivity index (χ1v) is 11.0. The molecule has 1 aromatic heterocycles. The van der Waals surface area contributed by atoms with Crippen LogP contribution < -0.4 is 4.72 Å². The molecule has 144 valence electrons. The van der Waals surface area contributed by atoms with Crippen LogP contribution in [0.3, 0.4) is 0 Å². The second kappa shape index (κ2) is 7.37. The Kier molecular flexibility index (Phi) is 4.91. The summed E-state index contributed by atoms with van der Waals surface area (Å²) in [5.41, 5.74) is 1.88. The number of rotatable bonds is 4. The predicted molar refractivity (Wildman–Crippen MR) is 106 cm³/mol. The fraction of sp³-hybridized carbons (Fsp3) is 0.150. The maximum Gasteiger partial charge on any atom is 0.261 e. The van der Waals surface area contributed by atoms with Crippen molar-refractivity contribution in [1.29, 1.82) is 0 Å². The zero-order chi connectivity index (χ0) is 19.7. The summed E-state index contributed by atoms with van der Waals surface area (Å²) >= 11 is 1.71. The molecule has 0 unspecified atom stereocenters. The first-order valence-electron chi connectivity index (χ1n) is 8.65. The molecular weight excluding hydrogens is 399 g/mol. The van der Waals surface area contributed by atoms with Crippen molar-refractivity contribution < 1.29 is 17.6 Å². The number of nitrogens with one attached hydrogen (secondary N) is 1. The van der Waals surface area contributed by atoms with E-state index < -0.39 is 15.8 Å². The number of carbonyl (C=O) groups excluding carboxylic acids is 1. The van der Waals surface area contributed by atoms with Gasteiger partial charge >= 0.3 is 0 Å². The molecule has 5 nitrogen and oxygen atoms in total. The van der Waals surface area contributed by atoms with Crippen LogP contribution in [0.2, 0.25) is 0 Å². The monoisotopic (exact) mass is 416 g/mol. The second-order valence-corrected chi connectivity index (χ2v) is 9.17. The Hall–Kier alpha value is -2.71. The first kappa shape index (κ1) is 18.6. The quantitative estimate of drug-likeness (QED) is 0.702. The van der Waals surface area contributed by atoms with Crippen molar-refractivity contribution in [2.75, 3.05) is 11.3 Å². The van der Waals surface area contributed by atoms with E-state index in [-0.39, 0.29) is 16.5 Å². The van der Waals surface area contributed by atoms with Crippen LogP contribution in [0, 0.1) is 5.82 Å². The number of sulfonamides is 1. The van der Waals surface area contributed by atoms with E-state index in [4.69, 9.17) is 0 Å². The van der Waals surface area contributed by atoms with Gasteiger partial charge in [0.15, 0.2) is 0 Å². The van der Waals surface area contributed by atoms with Crippen LogP contribution in [0.15, 0.2) is 64.9 Å². The summed E-state index contributed by atoms with van der Waals surface area (Å²) in [5, 5.41) is 2.03. The number of hydrogen-bond acceptors (Lipinski definition) is 4. The van der Waals surface area contributed by atoms with E-state index in [9.17, 15) is 17.6 Å². The van der Waals surface area contributed by atoms with Crippen molar-refractivity contribution in [3.8, 4) is 0 Å². The molecule has 1 aliphatic heterocycles. The minimum atomic E-state index is -3.82. The molecule has 2 aromatic carbocycles. The van der Waals surface area contributed by atoms with Crippen molar-refractivity contribution in [3.63, 3.8) is 0 Å². The summed E-state index contributed by atoms with van der Waals surface area (Å²) < 4.78 is 40.3. The highest BCUT2D eigenvalue weighted by Crippen LogP contribution is 2.25. The van der Waals surface area contributed by atoms with Gasteiger partial charge in [-0.25, -0.2) is 12.8 Å². The van der Waals surface area contributed by atoms with Crippen LogP contribution in [0.1, 0.15) is 20.8 Å². The lowest BCUT2D eigenvalue weighted by atomic mass is 10.1. The minimum Gasteiger partial charge on any atom is -0.334 e. The molecular formula is C20H17FN2O3S2. The Morgan fingerprint density at radius 3 is 2.46 bits per heavy atom. The van der Waals surface area contributed by atoms with Crippen LogP contribution in [0.5, 0.6) is 0 Å².